The van der Waals surface area contributed by atoms with Crippen molar-refractivity contribution in [1.29, 1.82) is 0 Å². The largest absolute Gasteiger partial charge is 0.432 e. The van der Waals surface area contributed by atoms with Crippen molar-refractivity contribution in [3.63, 3.8) is 0 Å². The first-order chi connectivity index (χ1) is 9.38. The second-order valence-electron chi connectivity index (χ2n) is 3.98. The zero-order valence-corrected chi connectivity index (χ0v) is 12.1. The summed E-state index contributed by atoms with van der Waals surface area (Å²) in [6, 6.07) is 2.57. The number of carbonyl (C=O) groups excluding carboxylic acids is 1. The Kier molecular flexibility index (Phi) is 6.45. The monoisotopic (exact) mass is 326 g/mol. The Bertz CT molecular complexity index is 460. The summed E-state index contributed by atoms with van der Waals surface area (Å²) in [6.45, 7) is -1.00. The van der Waals surface area contributed by atoms with Crippen molar-refractivity contribution in [3.8, 4) is 5.75 Å². The second-order valence-corrected chi connectivity index (χ2v) is 4.79. The van der Waals surface area contributed by atoms with Crippen LogP contribution >= 0.6 is 23.2 Å². The first-order valence-corrected chi connectivity index (χ1v) is 6.59. The number of anilines is 1. The van der Waals surface area contributed by atoms with Crippen LogP contribution in [-0.4, -0.2) is 19.1 Å². The van der Waals surface area contributed by atoms with E-state index >= 15 is 0 Å². The summed E-state index contributed by atoms with van der Waals surface area (Å²) in [6.07, 6.45) is 0.580. The van der Waals surface area contributed by atoms with E-state index in [1.165, 1.54) is 12.1 Å². The molecule has 8 heteroatoms. The number of hydrogen-bond donors (Lipinski definition) is 2. The van der Waals surface area contributed by atoms with Gasteiger partial charge < -0.3 is 15.8 Å². The van der Waals surface area contributed by atoms with Crippen molar-refractivity contribution >= 4 is 34.8 Å². The predicted octanol–water partition coefficient (Wildman–Crippen LogP) is 3.52. The van der Waals surface area contributed by atoms with Crippen molar-refractivity contribution in [1.82, 2.24) is 0 Å². The highest BCUT2D eigenvalue weighted by atomic mass is 35.5. The molecule has 3 N–H and O–H groups in total. The van der Waals surface area contributed by atoms with E-state index in [0.717, 1.165) is 0 Å². The Morgan fingerprint density at radius 2 is 1.95 bits per heavy atom. The molecule has 0 saturated carbocycles. The minimum Gasteiger partial charge on any atom is -0.432 e. The van der Waals surface area contributed by atoms with Crippen molar-refractivity contribution in [2.24, 2.45) is 11.7 Å². The molecule has 1 atom stereocenters. The average molecular weight is 327 g/mol. The average Bonchev–Trinajstić information content (AvgIpc) is 2.35. The lowest BCUT2D eigenvalue weighted by Crippen LogP contribution is -2.28. The smallest absolute Gasteiger partial charge is 0.387 e. The zero-order chi connectivity index (χ0) is 15.3. The maximum Gasteiger partial charge on any atom is 0.387 e. The molecule has 0 saturated heterocycles. The summed E-state index contributed by atoms with van der Waals surface area (Å²) < 4.78 is 28.5. The fourth-order valence-corrected chi connectivity index (χ4v) is 2.11. The molecular formula is C12H14Cl2F2N2O2. The molecule has 0 bridgehead atoms. The highest BCUT2D eigenvalue weighted by Crippen LogP contribution is 2.37. The molecule has 1 rings (SSSR count). The van der Waals surface area contributed by atoms with Gasteiger partial charge in [-0.15, -0.1) is 0 Å². The van der Waals surface area contributed by atoms with Crippen LogP contribution in [0.15, 0.2) is 12.1 Å². The number of halogens is 4. The number of rotatable bonds is 6. The lowest BCUT2D eigenvalue weighted by Gasteiger charge is -2.15. The SMILES string of the molecule is CCC(CN)C(=O)Nc1cc(Cl)c(OC(F)F)c(Cl)c1. The number of alkyl halides is 2. The molecule has 0 aliphatic heterocycles. The second kappa shape index (κ2) is 7.61. The molecule has 0 spiro atoms. The number of hydrogen-bond acceptors (Lipinski definition) is 3. The Balaban J connectivity index is 2.91. The number of nitrogens with one attached hydrogen (secondary N) is 1. The lowest BCUT2D eigenvalue weighted by atomic mass is 10.1. The molecule has 0 radical (unpaired) electrons. The molecule has 1 unspecified atom stereocenters. The maximum absolute atomic E-state index is 12.2. The Hall–Kier alpha value is -1.11. The van der Waals surface area contributed by atoms with Gasteiger partial charge in [0.1, 0.15) is 0 Å². The van der Waals surface area contributed by atoms with Crippen LogP contribution in [0.1, 0.15) is 13.3 Å². The highest BCUT2D eigenvalue weighted by molar-refractivity contribution is 6.37. The molecule has 4 nitrogen and oxygen atoms in total. The van der Waals surface area contributed by atoms with Gasteiger partial charge in [-0.1, -0.05) is 30.1 Å². The van der Waals surface area contributed by atoms with Gasteiger partial charge in [-0.3, -0.25) is 4.79 Å². The normalized spacial score (nSPS) is 12.3. The quantitative estimate of drug-likeness (QED) is 0.840. The molecule has 20 heavy (non-hydrogen) atoms. The number of carbonyl (C=O) groups is 1. The third-order valence-corrected chi connectivity index (χ3v) is 3.18. The predicted molar refractivity (Wildman–Crippen MR) is 74.6 cm³/mol. The third kappa shape index (κ3) is 4.47. The fraction of sp³-hybridized carbons (Fsp3) is 0.417. The highest BCUT2D eigenvalue weighted by Gasteiger charge is 2.18. The van der Waals surface area contributed by atoms with Gasteiger partial charge in [0.2, 0.25) is 5.91 Å². The van der Waals surface area contributed by atoms with Crippen molar-refractivity contribution in [2.75, 3.05) is 11.9 Å². The number of ether oxygens (including phenoxy) is 1. The molecule has 1 aromatic rings. The summed E-state index contributed by atoms with van der Waals surface area (Å²) in [5, 5.41) is 2.34. The molecule has 0 aromatic heterocycles. The topological polar surface area (TPSA) is 64.4 Å². The first kappa shape index (κ1) is 16.9. The Morgan fingerprint density at radius 3 is 2.35 bits per heavy atom. The summed E-state index contributed by atoms with van der Waals surface area (Å²) in [7, 11) is 0. The van der Waals surface area contributed by atoms with Crippen LogP contribution < -0.4 is 15.8 Å². The van der Waals surface area contributed by atoms with Crippen LogP contribution in [0.3, 0.4) is 0 Å². The van der Waals surface area contributed by atoms with Crippen molar-refractivity contribution in [3.05, 3.63) is 22.2 Å². The summed E-state index contributed by atoms with van der Waals surface area (Å²) in [5.74, 6) is -0.957. The molecule has 112 valence electrons. The van der Waals surface area contributed by atoms with Gasteiger partial charge in [-0.05, 0) is 18.6 Å². The van der Waals surface area contributed by atoms with Gasteiger partial charge in [0, 0.05) is 12.2 Å². The summed E-state index contributed by atoms with van der Waals surface area (Å²) in [4.78, 5) is 11.8. The minimum atomic E-state index is -3.04. The van der Waals surface area contributed by atoms with Gasteiger partial charge in [0.15, 0.2) is 5.75 Å². The van der Waals surface area contributed by atoms with Crippen molar-refractivity contribution in [2.45, 2.75) is 20.0 Å². The third-order valence-electron chi connectivity index (χ3n) is 2.62. The van der Waals surface area contributed by atoms with Gasteiger partial charge >= 0.3 is 6.61 Å². The van der Waals surface area contributed by atoms with E-state index in [1.54, 1.807) is 0 Å². The standard InChI is InChI=1S/C12H14Cl2F2N2O2/c1-2-6(5-17)11(19)18-7-3-8(13)10(9(14)4-7)20-12(15)16/h3-4,6,12H,2,5,17H2,1H3,(H,18,19). The lowest BCUT2D eigenvalue weighted by molar-refractivity contribution is -0.119. The van der Waals surface area contributed by atoms with E-state index in [1.807, 2.05) is 6.92 Å². The number of benzene rings is 1. The first-order valence-electron chi connectivity index (χ1n) is 5.83. The molecule has 0 fully saturated rings. The van der Waals surface area contributed by atoms with Crippen molar-refractivity contribution < 1.29 is 18.3 Å². The van der Waals surface area contributed by atoms with Crippen LogP contribution in [-0.2, 0) is 4.79 Å². The van der Waals surface area contributed by atoms with Crippen LogP contribution in [0.4, 0.5) is 14.5 Å². The van der Waals surface area contributed by atoms with Crippen LogP contribution in [0.25, 0.3) is 0 Å². The minimum absolute atomic E-state index is 0.117. The van der Waals surface area contributed by atoms with Crippen LogP contribution in [0.5, 0.6) is 5.75 Å². The fourth-order valence-electron chi connectivity index (χ4n) is 1.54. The van der Waals surface area contributed by atoms with E-state index in [2.05, 4.69) is 10.1 Å². The Morgan fingerprint density at radius 1 is 1.40 bits per heavy atom. The zero-order valence-electron chi connectivity index (χ0n) is 10.6. The van der Waals surface area contributed by atoms with E-state index < -0.39 is 6.61 Å². The van der Waals surface area contributed by atoms with Gasteiger partial charge in [-0.2, -0.15) is 8.78 Å². The van der Waals surface area contributed by atoms with Crippen LogP contribution in [0, 0.1) is 5.92 Å². The van der Waals surface area contributed by atoms with Gasteiger partial charge in [0.05, 0.1) is 16.0 Å². The van der Waals surface area contributed by atoms with E-state index in [9.17, 15) is 13.6 Å². The molecule has 0 aliphatic rings. The molecular weight excluding hydrogens is 313 g/mol. The number of nitrogens with two attached hydrogens (primary N) is 1. The molecule has 0 heterocycles. The summed E-state index contributed by atoms with van der Waals surface area (Å²) >= 11 is 11.6. The molecule has 1 amide bonds. The number of amides is 1. The van der Waals surface area contributed by atoms with Gasteiger partial charge in [0.25, 0.3) is 0 Å². The van der Waals surface area contributed by atoms with E-state index in [4.69, 9.17) is 28.9 Å². The van der Waals surface area contributed by atoms with Gasteiger partial charge in [-0.25, -0.2) is 0 Å². The molecule has 0 aliphatic carbocycles. The molecule has 1 aromatic carbocycles. The van der Waals surface area contributed by atoms with E-state index in [0.29, 0.717) is 12.1 Å². The maximum atomic E-state index is 12.2. The summed E-state index contributed by atoms with van der Waals surface area (Å²) in [5.41, 5.74) is 5.75. The van der Waals surface area contributed by atoms with E-state index in [-0.39, 0.29) is 34.2 Å². The Labute approximate surface area is 125 Å². The van der Waals surface area contributed by atoms with Crippen LogP contribution in [0.2, 0.25) is 10.0 Å².